The van der Waals surface area contributed by atoms with Crippen molar-refractivity contribution in [1.29, 1.82) is 0 Å². The Kier molecular flexibility index (Phi) is 5.24. The highest BCUT2D eigenvalue weighted by Crippen LogP contribution is 2.68. The highest BCUT2D eigenvalue weighted by atomic mass is 16.5. The molecule has 2 saturated carbocycles. The van der Waals surface area contributed by atoms with Crippen molar-refractivity contribution >= 4 is 16.8 Å². The Morgan fingerprint density at radius 3 is 2.00 bits per heavy atom. The molecule has 0 saturated heterocycles. The molecule has 1 heterocycles. The van der Waals surface area contributed by atoms with Gasteiger partial charge >= 0.3 is 0 Å². The Labute approximate surface area is 252 Å². The Morgan fingerprint density at radius 2 is 1.37 bits per heavy atom. The fraction of sp³-hybridized carbons (Fsp3) is 0.250. The maximum absolute atomic E-state index is 7.49. The summed E-state index contributed by atoms with van der Waals surface area (Å²) in [5, 5.41) is 2.46. The van der Waals surface area contributed by atoms with Gasteiger partial charge in [-0.05, 0) is 89.1 Å². The van der Waals surface area contributed by atoms with Gasteiger partial charge in [-0.2, -0.15) is 0 Å². The molecule has 5 aromatic carbocycles. The summed E-state index contributed by atoms with van der Waals surface area (Å²) in [5.41, 5.74) is 8.50. The molecule has 0 amide bonds. The number of rotatable bonds is 4. The number of methoxy groups -OCH3 is 2. The number of benzene rings is 5. The van der Waals surface area contributed by atoms with E-state index in [0.717, 1.165) is 34.3 Å². The molecule has 5 aromatic rings. The second-order valence-electron chi connectivity index (χ2n) is 12.8. The third-order valence-electron chi connectivity index (χ3n) is 11.0. The highest BCUT2D eigenvalue weighted by molar-refractivity contribution is 6.08. The molecule has 0 N–H and O–H groups in total. The fourth-order valence-electron chi connectivity index (χ4n) is 9.18. The number of hydrogen-bond donors (Lipinski definition) is 0. The van der Waals surface area contributed by atoms with Gasteiger partial charge in [0.2, 0.25) is 0 Å². The number of hydrogen-bond acceptors (Lipinski definition) is 3. The van der Waals surface area contributed by atoms with Crippen LogP contribution >= 0.6 is 0 Å². The molecule has 3 heteroatoms. The smallest absolute Gasteiger partial charge is 0.178 e. The topological polar surface area (TPSA) is 27.7 Å². The molecule has 43 heavy (non-hydrogen) atoms. The molecule has 9 rings (SSSR count). The Hall–Kier alpha value is -4.50. The summed E-state index contributed by atoms with van der Waals surface area (Å²) in [6, 6.07) is 34.7. The van der Waals surface area contributed by atoms with Gasteiger partial charge in [0.15, 0.2) is 5.60 Å². The zero-order chi connectivity index (χ0) is 28.8. The van der Waals surface area contributed by atoms with Gasteiger partial charge in [0, 0.05) is 27.5 Å². The van der Waals surface area contributed by atoms with Gasteiger partial charge in [-0.25, -0.2) is 0 Å². The first-order valence-corrected chi connectivity index (χ1v) is 15.5. The van der Waals surface area contributed by atoms with Crippen LogP contribution in [0.1, 0.15) is 53.5 Å². The van der Waals surface area contributed by atoms with E-state index in [4.69, 9.17) is 14.2 Å². The molecule has 3 nitrogen and oxygen atoms in total. The maximum Gasteiger partial charge on any atom is 0.178 e. The van der Waals surface area contributed by atoms with Crippen LogP contribution in [-0.4, -0.2) is 14.2 Å². The average Bonchev–Trinajstić information content (AvgIpc) is 3.77. The first kappa shape index (κ1) is 25.0. The van der Waals surface area contributed by atoms with Gasteiger partial charge in [0.1, 0.15) is 17.2 Å². The summed E-state index contributed by atoms with van der Waals surface area (Å²) in [5.74, 6) is 4.12. The van der Waals surface area contributed by atoms with Gasteiger partial charge in [0.25, 0.3) is 0 Å². The van der Waals surface area contributed by atoms with E-state index in [0.29, 0.717) is 5.92 Å². The molecule has 3 atom stereocenters. The van der Waals surface area contributed by atoms with Crippen molar-refractivity contribution in [2.75, 3.05) is 14.2 Å². The van der Waals surface area contributed by atoms with Crippen LogP contribution in [0.2, 0.25) is 0 Å². The first-order valence-electron chi connectivity index (χ1n) is 15.5. The largest absolute Gasteiger partial charge is 0.497 e. The molecule has 0 radical (unpaired) electrons. The van der Waals surface area contributed by atoms with Crippen molar-refractivity contribution < 1.29 is 14.2 Å². The summed E-state index contributed by atoms with van der Waals surface area (Å²) in [6.45, 7) is 0. The molecular weight excluding hydrogens is 528 g/mol. The molecule has 0 aromatic heterocycles. The lowest BCUT2D eigenvalue weighted by atomic mass is 9.65. The molecule has 2 bridgehead atoms. The Balaban J connectivity index is 1.34. The van der Waals surface area contributed by atoms with Crippen molar-refractivity contribution in [1.82, 2.24) is 0 Å². The van der Waals surface area contributed by atoms with Gasteiger partial charge in [-0.1, -0.05) is 85.3 Å². The highest BCUT2D eigenvalue weighted by Gasteiger charge is 2.58. The van der Waals surface area contributed by atoms with E-state index < -0.39 is 5.60 Å². The zero-order valence-electron chi connectivity index (χ0n) is 24.6. The van der Waals surface area contributed by atoms with E-state index in [1.165, 1.54) is 64.3 Å². The molecule has 4 aliphatic rings. The lowest BCUT2D eigenvalue weighted by Gasteiger charge is -2.41. The minimum atomic E-state index is -0.810. The van der Waals surface area contributed by atoms with E-state index >= 15 is 0 Å². The average molecular weight is 563 g/mol. The van der Waals surface area contributed by atoms with Crippen LogP contribution < -0.4 is 14.2 Å². The first-order chi connectivity index (χ1) is 21.2. The van der Waals surface area contributed by atoms with Gasteiger partial charge < -0.3 is 14.2 Å². The van der Waals surface area contributed by atoms with Crippen LogP contribution in [0.5, 0.6) is 17.2 Å². The zero-order valence-corrected chi connectivity index (χ0v) is 24.6. The normalized spacial score (nSPS) is 23.6. The van der Waals surface area contributed by atoms with Crippen LogP contribution in [-0.2, 0) is 11.0 Å². The fourth-order valence-corrected chi connectivity index (χ4v) is 9.18. The van der Waals surface area contributed by atoms with Crippen molar-refractivity contribution in [3.8, 4) is 28.4 Å². The van der Waals surface area contributed by atoms with E-state index in [-0.39, 0.29) is 5.41 Å². The van der Waals surface area contributed by atoms with E-state index in [1.54, 1.807) is 14.2 Å². The number of ether oxygens (including phenoxy) is 3. The quantitative estimate of drug-likeness (QED) is 0.218. The van der Waals surface area contributed by atoms with Crippen LogP contribution in [0.25, 0.3) is 28.0 Å². The Morgan fingerprint density at radius 1 is 0.721 bits per heavy atom. The van der Waals surface area contributed by atoms with Gasteiger partial charge in [0.05, 0.1) is 14.2 Å². The van der Waals surface area contributed by atoms with Crippen LogP contribution in [0.15, 0.2) is 103 Å². The minimum Gasteiger partial charge on any atom is -0.497 e. The van der Waals surface area contributed by atoms with E-state index in [2.05, 4.69) is 84.9 Å². The van der Waals surface area contributed by atoms with Crippen molar-refractivity contribution in [2.45, 2.75) is 36.7 Å². The van der Waals surface area contributed by atoms with Crippen LogP contribution in [0, 0.1) is 11.8 Å². The molecule has 212 valence electrons. The second-order valence-corrected chi connectivity index (χ2v) is 12.8. The molecule has 3 aliphatic carbocycles. The van der Waals surface area contributed by atoms with Crippen molar-refractivity contribution in [3.63, 3.8) is 0 Å². The third-order valence-corrected chi connectivity index (χ3v) is 11.0. The summed E-state index contributed by atoms with van der Waals surface area (Å²) in [7, 11) is 3.41. The molecule has 1 aliphatic heterocycles. The Bertz CT molecular complexity index is 1890. The summed E-state index contributed by atoms with van der Waals surface area (Å²) >= 11 is 0. The van der Waals surface area contributed by atoms with Gasteiger partial charge in [-0.15, -0.1) is 0 Å². The predicted molar refractivity (Wildman–Crippen MR) is 172 cm³/mol. The predicted octanol–water partition coefficient (Wildman–Crippen LogP) is 9.29. The molecule has 2 fully saturated rings. The van der Waals surface area contributed by atoms with Gasteiger partial charge in [-0.3, -0.25) is 0 Å². The SMILES string of the molecule is COc1ccc(C2(c3ccc(OC)cc3)C=Cc3c4c(c5ccccc5c3O2)-c2ccccc2C42CC3CCC2C3)cc1. The molecular formula is C40H34O3. The summed E-state index contributed by atoms with van der Waals surface area (Å²) in [4.78, 5) is 0. The summed E-state index contributed by atoms with van der Waals surface area (Å²) in [6.07, 6.45) is 9.93. The minimum absolute atomic E-state index is 0.0525. The van der Waals surface area contributed by atoms with Crippen molar-refractivity contribution in [3.05, 3.63) is 131 Å². The molecule has 1 spiro atoms. The third kappa shape index (κ3) is 3.25. The van der Waals surface area contributed by atoms with Crippen LogP contribution in [0.4, 0.5) is 0 Å². The maximum atomic E-state index is 7.49. The summed E-state index contributed by atoms with van der Waals surface area (Å²) < 4.78 is 18.5. The standard InChI is InChI=1S/C40H34O3/c1-41-29-17-13-26(14-18-29)40(27-15-19-30(42-2)20-16-27)22-21-34-37-36(31-7-3-4-8-32(31)38(34)43-40)33-9-5-6-10-35(33)39(37)24-25-11-12-28(39)23-25/h3-10,13-22,25,28H,11-12,23-24H2,1-2H3. The van der Waals surface area contributed by atoms with Crippen LogP contribution in [0.3, 0.4) is 0 Å². The molecule has 3 unspecified atom stereocenters. The second kappa shape index (κ2) is 9.00. The van der Waals surface area contributed by atoms with E-state index in [9.17, 15) is 0 Å². The number of fused-ring (bicyclic) bond motifs is 13. The van der Waals surface area contributed by atoms with E-state index in [1.807, 2.05) is 24.3 Å². The van der Waals surface area contributed by atoms with Crippen molar-refractivity contribution in [2.24, 2.45) is 11.8 Å². The monoisotopic (exact) mass is 562 g/mol. The lowest BCUT2D eigenvalue weighted by Crippen LogP contribution is -2.36. The lowest BCUT2D eigenvalue weighted by molar-refractivity contribution is 0.162.